The number of imidazole rings is 1. The number of nitrogens with zero attached hydrogens (tertiary/aromatic N) is 4. The number of aryl methyl sites for hydroxylation is 1. The van der Waals surface area contributed by atoms with Gasteiger partial charge in [0.1, 0.15) is 5.82 Å². The van der Waals surface area contributed by atoms with Crippen LogP contribution in [0.5, 0.6) is 0 Å². The van der Waals surface area contributed by atoms with E-state index in [0.717, 1.165) is 88.6 Å². The van der Waals surface area contributed by atoms with Gasteiger partial charge in [-0.15, -0.1) is 0 Å². The topological polar surface area (TPSA) is 79.7 Å². The van der Waals surface area contributed by atoms with Crippen LogP contribution in [0, 0.1) is 0 Å². The molecule has 1 N–H and O–H groups in total. The molecule has 1 aromatic heterocycles. The first-order valence-electron chi connectivity index (χ1n) is 15.0. The van der Waals surface area contributed by atoms with Gasteiger partial charge in [0.2, 0.25) is 5.91 Å². The van der Waals surface area contributed by atoms with Crippen LogP contribution < -0.4 is 10.2 Å². The first-order valence-corrected chi connectivity index (χ1v) is 15.0. The van der Waals surface area contributed by atoms with Crippen molar-refractivity contribution in [3.63, 3.8) is 0 Å². The zero-order valence-corrected chi connectivity index (χ0v) is 24.2. The van der Waals surface area contributed by atoms with Crippen LogP contribution in [-0.2, 0) is 22.6 Å². The molecule has 2 aliphatic rings. The molecule has 2 aliphatic heterocycles. The van der Waals surface area contributed by atoms with Gasteiger partial charge in [-0.25, -0.2) is 4.98 Å². The molecule has 1 aromatic carbocycles. The molecule has 0 atom stereocenters. The summed E-state index contributed by atoms with van der Waals surface area (Å²) in [7, 11) is 0. The Balaban J connectivity index is 1.50. The summed E-state index contributed by atoms with van der Waals surface area (Å²) in [5.41, 5.74) is 2.66. The zero-order chi connectivity index (χ0) is 27.6. The minimum Gasteiger partial charge on any atom is -0.381 e. The molecule has 0 spiro atoms. The summed E-state index contributed by atoms with van der Waals surface area (Å²) in [5, 5.41) is 3.11. The number of rotatable bonds is 7. The normalized spacial score (nSPS) is 18.3. The highest BCUT2D eigenvalue weighted by molar-refractivity contribution is 5.97. The Bertz CT molecular complexity index is 1080. The van der Waals surface area contributed by atoms with Gasteiger partial charge in [0.15, 0.2) is 0 Å². The summed E-state index contributed by atoms with van der Waals surface area (Å²) in [6.45, 7) is 11.5. The van der Waals surface area contributed by atoms with Crippen molar-refractivity contribution in [3.05, 3.63) is 47.5 Å². The average Bonchev–Trinajstić information content (AvgIpc) is 3.40. The van der Waals surface area contributed by atoms with Crippen LogP contribution in [0.1, 0.15) is 99.8 Å². The van der Waals surface area contributed by atoms with Crippen molar-refractivity contribution in [2.45, 2.75) is 97.2 Å². The third kappa shape index (κ3) is 8.15. The van der Waals surface area contributed by atoms with Crippen LogP contribution in [0.25, 0.3) is 0 Å². The van der Waals surface area contributed by atoms with E-state index in [1.807, 2.05) is 35.5 Å². The number of benzene rings is 1. The Kier molecular flexibility index (Phi) is 11.0. The van der Waals surface area contributed by atoms with Crippen molar-refractivity contribution in [2.24, 2.45) is 0 Å². The maximum absolute atomic E-state index is 13.2. The summed E-state index contributed by atoms with van der Waals surface area (Å²) in [4.78, 5) is 34.9. The lowest BCUT2D eigenvalue weighted by atomic mass is 10.0. The molecule has 214 valence electrons. The number of ether oxygens (including phenoxy) is 1. The number of amides is 2. The lowest BCUT2D eigenvalue weighted by Gasteiger charge is -2.36. The molecule has 4 rings (SSSR count). The Morgan fingerprint density at radius 1 is 1.08 bits per heavy atom. The van der Waals surface area contributed by atoms with Gasteiger partial charge in [-0.3, -0.25) is 14.5 Å². The van der Waals surface area contributed by atoms with Gasteiger partial charge < -0.3 is 19.5 Å². The fourth-order valence-electron chi connectivity index (χ4n) is 5.90. The second-order valence-corrected chi connectivity index (χ2v) is 11.3. The molecule has 0 bridgehead atoms. The number of hydrogen-bond acceptors (Lipinski definition) is 5. The molecule has 39 heavy (non-hydrogen) atoms. The van der Waals surface area contributed by atoms with Gasteiger partial charge in [0, 0.05) is 81.9 Å². The minimum absolute atomic E-state index is 0.0587. The maximum atomic E-state index is 13.2. The predicted octanol–water partition coefficient (Wildman–Crippen LogP) is 5.12. The van der Waals surface area contributed by atoms with Crippen molar-refractivity contribution >= 4 is 17.5 Å². The minimum atomic E-state index is -0.0642. The molecule has 2 aromatic rings. The molecular formula is C31H47N5O3. The summed E-state index contributed by atoms with van der Waals surface area (Å²) in [5.74, 6) is 1.44. The average molecular weight is 538 g/mol. The second kappa shape index (κ2) is 14.6. The van der Waals surface area contributed by atoms with E-state index >= 15 is 0 Å². The Morgan fingerprint density at radius 3 is 2.56 bits per heavy atom. The van der Waals surface area contributed by atoms with Gasteiger partial charge in [-0.2, -0.15) is 0 Å². The molecular weight excluding hydrogens is 490 g/mol. The van der Waals surface area contributed by atoms with Crippen LogP contribution >= 0.6 is 0 Å². The summed E-state index contributed by atoms with van der Waals surface area (Å²) >= 11 is 0. The highest BCUT2D eigenvalue weighted by Crippen LogP contribution is 2.28. The van der Waals surface area contributed by atoms with E-state index in [-0.39, 0.29) is 11.8 Å². The number of nitrogens with one attached hydrogen (secondary N) is 1. The number of carbonyl (C=O) groups excluding carboxylic acids is 2. The van der Waals surface area contributed by atoms with Crippen molar-refractivity contribution in [2.75, 3.05) is 37.7 Å². The zero-order valence-electron chi connectivity index (χ0n) is 24.2. The lowest BCUT2D eigenvalue weighted by Crippen LogP contribution is -2.40. The van der Waals surface area contributed by atoms with E-state index in [1.165, 1.54) is 19.3 Å². The van der Waals surface area contributed by atoms with E-state index in [2.05, 4.69) is 33.6 Å². The van der Waals surface area contributed by atoms with Crippen LogP contribution in [0.2, 0.25) is 0 Å². The Hall–Kier alpha value is -2.71. The standard InChI is InChI=1S/C31H47N5O3/c1-24(2)30-32-15-19-34(30)17-9-14-33-31(38)26-10-11-29-27(22-26)23-35(28-12-20-39-21-13-28)16-7-5-4-6-8-18-36(29)25(3)37/h10-11,15,19,22,24,28H,4-9,12-14,16-18,20-21,23H2,1-3H3,(H,33,38). The largest absolute Gasteiger partial charge is 0.381 e. The van der Waals surface area contributed by atoms with Crippen molar-refractivity contribution in [3.8, 4) is 0 Å². The number of aromatic nitrogens is 2. The van der Waals surface area contributed by atoms with E-state index < -0.39 is 0 Å². The molecule has 1 saturated heterocycles. The lowest BCUT2D eigenvalue weighted by molar-refractivity contribution is -0.116. The van der Waals surface area contributed by atoms with Crippen molar-refractivity contribution in [1.82, 2.24) is 19.8 Å². The summed E-state index contributed by atoms with van der Waals surface area (Å²) in [6.07, 6.45) is 12.5. The van der Waals surface area contributed by atoms with E-state index in [9.17, 15) is 9.59 Å². The molecule has 0 saturated carbocycles. The summed E-state index contributed by atoms with van der Waals surface area (Å²) in [6, 6.07) is 6.35. The predicted molar refractivity (Wildman–Crippen MR) is 155 cm³/mol. The molecule has 1 fully saturated rings. The van der Waals surface area contributed by atoms with Gasteiger partial charge in [0.05, 0.1) is 0 Å². The van der Waals surface area contributed by atoms with Crippen LogP contribution in [0.3, 0.4) is 0 Å². The van der Waals surface area contributed by atoms with Crippen LogP contribution in [-0.4, -0.2) is 65.2 Å². The number of carbonyl (C=O) groups is 2. The van der Waals surface area contributed by atoms with Gasteiger partial charge in [-0.05, 0) is 62.4 Å². The molecule has 2 amide bonds. The molecule has 3 heterocycles. The Morgan fingerprint density at radius 2 is 1.82 bits per heavy atom. The van der Waals surface area contributed by atoms with Crippen molar-refractivity contribution in [1.29, 1.82) is 0 Å². The van der Waals surface area contributed by atoms with E-state index in [1.54, 1.807) is 6.92 Å². The smallest absolute Gasteiger partial charge is 0.251 e. The SMILES string of the molecule is CC(=O)N1CCCCCCCN(C2CCOCC2)Cc2cc(C(=O)NCCCn3ccnc3C(C)C)ccc21. The van der Waals surface area contributed by atoms with Crippen LogP contribution in [0.15, 0.2) is 30.6 Å². The molecule has 0 radical (unpaired) electrons. The van der Waals surface area contributed by atoms with Gasteiger partial charge >= 0.3 is 0 Å². The first kappa shape index (κ1) is 29.3. The monoisotopic (exact) mass is 537 g/mol. The number of anilines is 1. The summed E-state index contributed by atoms with van der Waals surface area (Å²) < 4.78 is 7.81. The molecule has 8 heteroatoms. The van der Waals surface area contributed by atoms with Gasteiger partial charge in [0.25, 0.3) is 5.91 Å². The highest BCUT2D eigenvalue weighted by atomic mass is 16.5. The highest BCUT2D eigenvalue weighted by Gasteiger charge is 2.25. The third-order valence-corrected chi connectivity index (χ3v) is 8.05. The fourth-order valence-corrected chi connectivity index (χ4v) is 5.90. The first-order chi connectivity index (χ1) is 18.9. The maximum Gasteiger partial charge on any atom is 0.251 e. The van der Waals surface area contributed by atoms with Crippen LogP contribution in [0.4, 0.5) is 5.69 Å². The third-order valence-electron chi connectivity index (χ3n) is 8.05. The van der Waals surface area contributed by atoms with E-state index in [4.69, 9.17) is 4.74 Å². The van der Waals surface area contributed by atoms with E-state index in [0.29, 0.717) is 24.1 Å². The molecule has 0 aliphatic carbocycles. The van der Waals surface area contributed by atoms with Crippen molar-refractivity contribution < 1.29 is 14.3 Å². The fraction of sp³-hybridized carbons (Fsp3) is 0.645. The molecule has 0 unspecified atom stereocenters. The molecule has 8 nitrogen and oxygen atoms in total. The number of hydrogen-bond donors (Lipinski definition) is 1. The Labute approximate surface area is 234 Å². The van der Waals surface area contributed by atoms with Gasteiger partial charge in [-0.1, -0.05) is 33.1 Å². The number of fused-ring (bicyclic) bond motifs is 1. The second-order valence-electron chi connectivity index (χ2n) is 11.3. The quantitative estimate of drug-likeness (QED) is 0.496.